The number of alkyl halides is 3. The highest BCUT2D eigenvalue weighted by atomic mass is 32.1. The van der Waals surface area contributed by atoms with E-state index in [1.807, 2.05) is 0 Å². The van der Waals surface area contributed by atoms with Gasteiger partial charge in [0.1, 0.15) is 12.4 Å². The summed E-state index contributed by atoms with van der Waals surface area (Å²) in [4.78, 5) is 28.1. The van der Waals surface area contributed by atoms with Crippen molar-refractivity contribution in [2.45, 2.75) is 12.7 Å². The minimum atomic E-state index is -4.52. The number of amides is 1. The Morgan fingerprint density at radius 2 is 1.82 bits per heavy atom. The lowest BCUT2D eigenvalue weighted by molar-refractivity contribution is -0.141. The summed E-state index contributed by atoms with van der Waals surface area (Å²) in [5.74, 6) is -1.90. The van der Waals surface area contributed by atoms with Gasteiger partial charge in [0.15, 0.2) is 4.80 Å². The third-order valence-corrected chi connectivity index (χ3v) is 4.86. The van der Waals surface area contributed by atoms with Gasteiger partial charge in [-0.05, 0) is 42.5 Å². The van der Waals surface area contributed by atoms with Crippen LogP contribution in [0, 0.1) is 5.82 Å². The molecule has 10 heteroatoms. The second-order valence-electron chi connectivity index (χ2n) is 5.65. The number of aromatic nitrogens is 1. The molecule has 1 amide bonds. The number of hydrogen-bond acceptors (Lipinski definition) is 4. The van der Waals surface area contributed by atoms with Crippen molar-refractivity contribution in [3.8, 4) is 0 Å². The van der Waals surface area contributed by atoms with E-state index in [0.717, 1.165) is 35.6 Å². The van der Waals surface area contributed by atoms with Gasteiger partial charge in [0.2, 0.25) is 0 Å². The average Bonchev–Trinajstić information content (AvgIpc) is 2.97. The molecule has 0 unspecified atom stereocenters. The highest BCUT2D eigenvalue weighted by Gasteiger charge is 2.30. The zero-order valence-electron chi connectivity index (χ0n) is 14.3. The SMILES string of the molecule is COC(=O)Cn1c(=NC(=O)c2ccc(C(F)(F)F)cc2)sc2cc(F)ccc21. The van der Waals surface area contributed by atoms with Gasteiger partial charge in [0.25, 0.3) is 5.91 Å². The van der Waals surface area contributed by atoms with Crippen molar-refractivity contribution >= 4 is 33.4 Å². The van der Waals surface area contributed by atoms with E-state index >= 15 is 0 Å². The van der Waals surface area contributed by atoms with E-state index < -0.39 is 29.4 Å². The van der Waals surface area contributed by atoms with Gasteiger partial charge in [-0.25, -0.2) is 4.39 Å². The van der Waals surface area contributed by atoms with Crippen LogP contribution in [-0.2, 0) is 22.3 Å². The van der Waals surface area contributed by atoms with Gasteiger partial charge in [-0.2, -0.15) is 18.2 Å². The molecule has 1 heterocycles. The van der Waals surface area contributed by atoms with Gasteiger partial charge < -0.3 is 9.30 Å². The number of thiazole rings is 1. The van der Waals surface area contributed by atoms with Crippen LogP contribution in [0.4, 0.5) is 17.6 Å². The molecule has 0 spiro atoms. The van der Waals surface area contributed by atoms with Crippen molar-refractivity contribution in [2.24, 2.45) is 4.99 Å². The molecular weight excluding hydrogens is 400 g/mol. The molecule has 0 aliphatic carbocycles. The van der Waals surface area contributed by atoms with E-state index in [-0.39, 0.29) is 16.9 Å². The number of rotatable bonds is 3. The van der Waals surface area contributed by atoms with Gasteiger partial charge in [0.05, 0.1) is 22.9 Å². The minimum absolute atomic E-state index is 0.0544. The molecule has 0 saturated heterocycles. The van der Waals surface area contributed by atoms with Crippen molar-refractivity contribution in [1.29, 1.82) is 0 Å². The van der Waals surface area contributed by atoms with Crippen molar-refractivity contribution in [3.63, 3.8) is 0 Å². The van der Waals surface area contributed by atoms with Crippen LogP contribution in [0.5, 0.6) is 0 Å². The number of ether oxygens (including phenoxy) is 1. The van der Waals surface area contributed by atoms with E-state index in [0.29, 0.717) is 10.2 Å². The monoisotopic (exact) mass is 412 g/mol. The zero-order chi connectivity index (χ0) is 20.5. The molecule has 3 aromatic rings. The Balaban J connectivity index is 2.06. The van der Waals surface area contributed by atoms with Crippen LogP contribution in [0.3, 0.4) is 0 Å². The molecule has 0 saturated carbocycles. The van der Waals surface area contributed by atoms with Gasteiger partial charge in [-0.1, -0.05) is 11.3 Å². The Labute approximate surface area is 159 Å². The molecule has 0 fully saturated rings. The number of esters is 1. The number of halogens is 4. The zero-order valence-corrected chi connectivity index (χ0v) is 15.1. The van der Waals surface area contributed by atoms with E-state index in [2.05, 4.69) is 9.73 Å². The normalized spacial score (nSPS) is 12.4. The predicted molar refractivity (Wildman–Crippen MR) is 93.1 cm³/mol. The van der Waals surface area contributed by atoms with Crippen LogP contribution in [-0.4, -0.2) is 23.6 Å². The lowest BCUT2D eigenvalue weighted by Gasteiger charge is -2.06. The molecule has 146 valence electrons. The maximum atomic E-state index is 13.5. The molecule has 2 aromatic carbocycles. The second-order valence-corrected chi connectivity index (χ2v) is 6.66. The van der Waals surface area contributed by atoms with Gasteiger partial charge in [-0.3, -0.25) is 9.59 Å². The van der Waals surface area contributed by atoms with Gasteiger partial charge in [0, 0.05) is 5.56 Å². The number of fused-ring (bicyclic) bond motifs is 1. The Hall–Kier alpha value is -3.01. The molecule has 0 bridgehead atoms. The number of carbonyl (C=O) groups excluding carboxylic acids is 2. The van der Waals surface area contributed by atoms with Crippen LogP contribution in [0.1, 0.15) is 15.9 Å². The lowest BCUT2D eigenvalue weighted by Crippen LogP contribution is -2.22. The minimum Gasteiger partial charge on any atom is -0.468 e. The second kappa shape index (κ2) is 7.55. The first kappa shape index (κ1) is 19.7. The summed E-state index contributed by atoms with van der Waals surface area (Å²) in [6.45, 7) is -0.263. The van der Waals surface area contributed by atoms with Gasteiger partial charge >= 0.3 is 12.1 Å². The van der Waals surface area contributed by atoms with Crippen LogP contribution < -0.4 is 4.80 Å². The summed E-state index contributed by atoms with van der Waals surface area (Å²) in [5, 5.41) is 0. The van der Waals surface area contributed by atoms with Crippen molar-refractivity contribution in [3.05, 3.63) is 64.2 Å². The number of carbonyl (C=O) groups is 2. The maximum Gasteiger partial charge on any atom is 0.416 e. The van der Waals surface area contributed by atoms with Crippen LogP contribution in [0.2, 0.25) is 0 Å². The topological polar surface area (TPSA) is 60.7 Å². The molecule has 0 atom stereocenters. The fraction of sp³-hybridized carbons (Fsp3) is 0.167. The first-order valence-electron chi connectivity index (χ1n) is 7.81. The Morgan fingerprint density at radius 3 is 2.43 bits per heavy atom. The number of nitrogens with zero attached hydrogens (tertiary/aromatic N) is 2. The molecule has 0 aliphatic heterocycles. The van der Waals surface area contributed by atoms with Crippen molar-refractivity contribution in [2.75, 3.05) is 7.11 Å². The highest BCUT2D eigenvalue weighted by molar-refractivity contribution is 7.16. The maximum absolute atomic E-state index is 13.5. The fourth-order valence-corrected chi connectivity index (χ4v) is 3.48. The van der Waals surface area contributed by atoms with Crippen molar-refractivity contribution in [1.82, 2.24) is 4.57 Å². The molecule has 28 heavy (non-hydrogen) atoms. The highest BCUT2D eigenvalue weighted by Crippen LogP contribution is 2.29. The van der Waals surface area contributed by atoms with E-state index in [1.165, 1.54) is 29.9 Å². The summed E-state index contributed by atoms with van der Waals surface area (Å²) in [5.41, 5.74) is -0.473. The smallest absolute Gasteiger partial charge is 0.416 e. The van der Waals surface area contributed by atoms with Crippen LogP contribution in [0.25, 0.3) is 10.2 Å². The van der Waals surface area contributed by atoms with Gasteiger partial charge in [-0.15, -0.1) is 0 Å². The Bertz CT molecular complexity index is 1110. The summed E-state index contributed by atoms with van der Waals surface area (Å²) in [7, 11) is 1.20. The average molecular weight is 412 g/mol. The number of methoxy groups -OCH3 is 1. The Morgan fingerprint density at radius 1 is 1.14 bits per heavy atom. The molecular formula is C18H12F4N2O3S. The third-order valence-electron chi connectivity index (χ3n) is 3.82. The molecule has 5 nitrogen and oxygen atoms in total. The molecule has 3 rings (SSSR count). The molecule has 0 aliphatic rings. The summed E-state index contributed by atoms with van der Waals surface area (Å²) < 4.78 is 57.9. The first-order valence-corrected chi connectivity index (χ1v) is 8.62. The summed E-state index contributed by atoms with van der Waals surface area (Å²) in [6, 6.07) is 7.47. The quantitative estimate of drug-likeness (QED) is 0.486. The first-order chi connectivity index (χ1) is 13.2. The van der Waals surface area contributed by atoms with E-state index in [1.54, 1.807) is 0 Å². The van der Waals surface area contributed by atoms with Crippen molar-refractivity contribution < 1.29 is 31.9 Å². The van der Waals surface area contributed by atoms with Crippen LogP contribution in [0.15, 0.2) is 47.5 Å². The standard InChI is InChI=1S/C18H12F4N2O3S/c1-27-15(25)9-24-13-7-6-12(19)8-14(13)28-17(24)23-16(26)10-2-4-11(5-3-10)18(20,21)22/h2-8H,9H2,1H3. The number of benzene rings is 2. The Kier molecular flexibility index (Phi) is 5.32. The molecule has 1 aromatic heterocycles. The molecule has 0 radical (unpaired) electrons. The summed E-state index contributed by atoms with van der Waals surface area (Å²) >= 11 is 0.969. The lowest BCUT2D eigenvalue weighted by atomic mass is 10.1. The third kappa shape index (κ3) is 4.11. The predicted octanol–water partition coefficient (Wildman–Crippen LogP) is 3.77. The largest absolute Gasteiger partial charge is 0.468 e. The van der Waals surface area contributed by atoms with E-state index in [9.17, 15) is 27.2 Å². The summed E-state index contributed by atoms with van der Waals surface area (Å²) in [6.07, 6.45) is -4.52. The fourth-order valence-electron chi connectivity index (χ4n) is 2.43. The molecule has 0 N–H and O–H groups in total. The van der Waals surface area contributed by atoms with Crippen LogP contribution >= 0.6 is 11.3 Å². The number of hydrogen-bond donors (Lipinski definition) is 0. The van der Waals surface area contributed by atoms with E-state index in [4.69, 9.17) is 0 Å².